The molecule has 0 N–H and O–H groups in total. The zero-order valence-electron chi connectivity index (χ0n) is 29.1. The van der Waals surface area contributed by atoms with Crippen molar-refractivity contribution < 1.29 is 0 Å². The van der Waals surface area contributed by atoms with Crippen LogP contribution in [0.4, 0.5) is 0 Å². The van der Waals surface area contributed by atoms with E-state index in [0.717, 1.165) is 44.1 Å². The van der Waals surface area contributed by atoms with Crippen molar-refractivity contribution in [3.8, 4) is 44.5 Å². The molecule has 0 radical (unpaired) electrons. The molecule has 0 unspecified atom stereocenters. The molecule has 51 heavy (non-hydrogen) atoms. The van der Waals surface area contributed by atoms with Crippen LogP contribution in [0.25, 0.3) is 44.5 Å². The average Bonchev–Trinajstić information content (AvgIpc) is 3.88. The molecule has 4 aliphatic rings. The van der Waals surface area contributed by atoms with E-state index in [-0.39, 0.29) is 11.1 Å². The van der Waals surface area contributed by atoms with Crippen molar-refractivity contribution in [3.05, 3.63) is 155 Å². The number of fused-ring (bicyclic) bond motifs is 10. The van der Waals surface area contributed by atoms with E-state index in [1.54, 1.807) is 23.5 Å². The number of rotatable bonds is 4. The lowest BCUT2D eigenvalue weighted by Crippen LogP contribution is -2.26. The van der Waals surface area contributed by atoms with Crippen molar-refractivity contribution >= 4 is 33.6 Å². The van der Waals surface area contributed by atoms with E-state index >= 15 is 0 Å². The van der Waals surface area contributed by atoms with Gasteiger partial charge in [-0.3, -0.25) is 20.0 Å². The van der Waals surface area contributed by atoms with Crippen molar-refractivity contribution in [2.24, 2.45) is 9.98 Å². The minimum Gasteiger partial charge on any atom is -0.269 e. The van der Waals surface area contributed by atoms with Crippen LogP contribution in [0.2, 0.25) is 0 Å². The van der Waals surface area contributed by atoms with Crippen LogP contribution in [-0.4, -0.2) is 42.6 Å². The Bertz CT molecular complexity index is 2300. The first-order valence-electron chi connectivity index (χ1n) is 17.6. The van der Waals surface area contributed by atoms with Crippen LogP contribution in [0.15, 0.2) is 132 Å². The molecule has 6 aromatic rings. The maximum absolute atomic E-state index is 4.92. The van der Waals surface area contributed by atoms with E-state index in [2.05, 4.69) is 137 Å². The van der Waals surface area contributed by atoms with Crippen LogP contribution < -0.4 is 0 Å². The minimum atomic E-state index is -0.452. The SMILES string of the molecule is CC1(C)CSC(c2ccc(-c3ccc4c(c3)C3(c5ccccc5-c5ccccc53)c3cc(-c5ccc(C6=NC(C)(C)CS6)nc5)ccc3-4)cn2)=N1. The van der Waals surface area contributed by atoms with E-state index in [1.807, 2.05) is 12.4 Å². The second-order valence-electron chi connectivity index (χ2n) is 15.3. The van der Waals surface area contributed by atoms with Crippen molar-refractivity contribution in [1.82, 2.24) is 9.97 Å². The predicted molar refractivity (Wildman–Crippen MR) is 215 cm³/mol. The number of nitrogens with zero attached hydrogens (tertiary/aromatic N) is 4. The van der Waals surface area contributed by atoms with E-state index in [1.165, 1.54) is 55.6 Å². The lowest BCUT2D eigenvalue weighted by Gasteiger charge is -2.31. The Labute approximate surface area is 307 Å². The first-order valence-corrected chi connectivity index (χ1v) is 19.6. The number of aromatic nitrogens is 2. The normalized spacial score (nSPS) is 18.2. The summed E-state index contributed by atoms with van der Waals surface area (Å²) in [7, 11) is 0. The number of thioether (sulfide) groups is 2. The number of pyridine rings is 2. The van der Waals surface area contributed by atoms with Crippen LogP contribution >= 0.6 is 23.5 Å². The fraction of sp³-hybridized carbons (Fsp3) is 0.200. The molecule has 6 heteroatoms. The Morgan fingerprint density at radius 3 is 1.25 bits per heavy atom. The molecular formula is C45H36N4S2. The van der Waals surface area contributed by atoms with Gasteiger partial charge in [0, 0.05) is 35.0 Å². The van der Waals surface area contributed by atoms with E-state index < -0.39 is 5.41 Å². The van der Waals surface area contributed by atoms with E-state index in [0.29, 0.717) is 0 Å². The van der Waals surface area contributed by atoms with E-state index in [9.17, 15) is 0 Å². The van der Waals surface area contributed by atoms with Crippen LogP contribution in [0, 0.1) is 0 Å². The van der Waals surface area contributed by atoms with Crippen molar-refractivity contribution in [3.63, 3.8) is 0 Å². The van der Waals surface area contributed by atoms with Gasteiger partial charge in [0.2, 0.25) is 0 Å². The van der Waals surface area contributed by atoms with Gasteiger partial charge in [0.25, 0.3) is 0 Å². The first-order chi connectivity index (χ1) is 24.7. The van der Waals surface area contributed by atoms with Gasteiger partial charge in [-0.25, -0.2) is 0 Å². The minimum absolute atomic E-state index is 0.0429. The second-order valence-corrected chi connectivity index (χ2v) is 17.2. The third-order valence-electron chi connectivity index (χ3n) is 10.7. The highest BCUT2D eigenvalue weighted by atomic mass is 32.2. The van der Waals surface area contributed by atoms with Gasteiger partial charge in [0.05, 0.1) is 27.9 Å². The van der Waals surface area contributed by atoms with E-state index in [4.69, 9.17) is 20.0 Å². The standard InChI is InChI=1S/C45H36N4S2/c1-43(2)25-50-41(48-43)39-19-15-29(23-46-39)27-13-17-33-34-18-14-28(30-16-20-40(47-24-30)42-49-44(3,4)26-51-42)22-38(34)45(37(33)21-27)35-11-7-5-9-31(35)32-10-6-8-12-36(32)45/h5-24H,25-26H2,1-4H3. The summed E-state index contributed by atoms with van der Waals surface area (Å²) < 4.78 is 0. The molecule has 0 fully saturated rings. The molecule has 0 amide bonds. The molecule has 2 aromatic heterocycles. The lowest BCUT2D eigenvalue weighted by molar-refractivity contribution is 0.604. The molecule has 0 saturated heterocycles. The summed E-state index contributed by atoms with van der Waals surface area (Å²) in [6, 6.07) is 40.7. The third-order valence-corrected chi connectivity index (χ3v) is 13.5. The third kappa shape index (κ3) is 4.76. The molecule has 4 heterocycles. The van der Waals surface area contributed by atoms with Gasteiger partial charge in [-0.05, 0) is 108 Å². The van der Waals surface area contributed by atoms with Crippen molar-refractivity contribution in [2.75, 3.05) is 11.5 Å². The molecule has 1 spiro atoms. The van der Waals surface area contributed by atoms with Crippen LogP contribution in [0.1, 0.15) is 61.3 Å². The molecule has 0 saturated carbocycles. The number of hydrogen-bond donors (Lipinski definition) is 0. The number of benzene rings is 4. The summed E-state index contributed by atoms with van der Waals surface area (Å²) in [4.78, 5) is 19.7. The summed E-state index contributed by atoms with van der Waals surface area (Å²) in [6.45, 7) is 8.73. The summed E-state index contributed by atoms with van der Waals surface area (Å²) in [6.07, 6.45) is 4.03. The molecule has 2 aliphatic heterocycles. The van der Waals surface area contributed by atoms with Gasteiger partial charge in [-0.2, -0.15) is 0 Å². The van der Waals surface area contributed by atoms with Gasteiger partial charge >= 0.3 is 0 Å². The second kappa shape index (κ2) is 11.1. The van der Waals surface area contributed by atoms with Gasteiger partial charge < -0.3 is 0 Å². The zero-order chi connectivity index (χ0) is 34.5. The highest BCUT2D eigenvalue weighted by Gasteiger charge is 2.51. The summed E-state index contributed by atoms with van der Waals surface area (Å²) in [5.41, 5.74) is 16.4. The first kappa shape index (κ1) is 31.0. The van der Waals surface area contributed by atoms with Crippen LogP contribution in [0.3, 0.4) is 0 Å². The fourth-order valence-corrected chi connectivity index (χ4v) is 10.6. The van der Waals surface area contributed by atoms with Gasteiger partial charge in [-0.15, -0.1) is 23.5 Å². The number of hydrogen-bond acceptors (Lipinski definition) is 6. The van der Waals surface area contributed by atoms with Crippen LogP contribution in [0.5, 0.6) is 0 Å². The molecule has 0 atom stereocenters. The van der Waals surface area contributed by atoms with Crippen molar-refractivity contribution in [2.45, 2.75) is 44.2 Å². The number of aliphatic imine (C=N–C) groups is 2. The molecule has 0 bridgehead atoms. The molecule has 4 aromatic carbocycles. The highest BCUT2D eigenvalue weighted by molar-refractivity contribution is 8.15. The highest BCUT2D eigenvalue weighted by Crippen LogP contribution is 2.63. The largest absolute Gasteiger partial charge is 0.269 e. The van der Waals surface area contributed by atoms with Crippen molar-refractivity contribution in [1.29, 1.82) is 0 Å². The zero-order valence-corrected chi connectivity index (χ0v) is 30.7. The molecule has 248 valence electrons. The van der Waals surface area contributed by atoms with Gasteiger partial charge in [0.15, 0.2) is 0 Å². The predicted octanol–water partition coefficient (Wildman–Crippen LogP) is 10.7. The Hall–Kier alpha value is -4.78. The summed E-state index contributed by atoms with van der Waals surface area (Å²) in [5.74, 6) is 1.97. The molecule has 4 nitrogen and oxygen atoms in total. The maximum atomic E-state index is 4.92. The topological polar surface area (TPSA) is 50.5 Å². The summed E-state index contributed by atoms with van der Waals surface area (Å²) in [5, 5.41) is 2.06. The molecular weight excluding hydrogens is 661 g/mol. The Morgan fingerprint density at radius 2 is 0.863 bits per heavy atom. The Kier molecular flexibility index (Phi) is 6.75. The average molecular weight is 697 g/mol. The smallest absolute Gasteiger partial charge is 0.117 e. The van der Waals surface area contributed by atoms with Gasteiger partial charge in [-0.1, -0.05) is 84.9 Å². The monoisotopic (exact) mass is 696 g/mol. The molecule has 2 aliphatic carbocycles. The maximum Gasteiger partial charge on any atom is 0.117 e. The summed E-state index contributed by atoms with van der Waals surface area (Å²) >= 11 is 3.59. The fourth-order valence-electron chi connectivity index (χ4n) is 8.31. The van der Waals surface area contributed by atoms with Crippen LogP contribution in [-0.2, 0) is 5.41 Å². The molecule has 10 rings (SSSR count). The lowest BCUT2D eigenvalue weighted by atomic mass is 9.70. The Balaban J connectivity index is 1.13. The van der Waals surface area contributed by atoms with Gasteiger partial charge in [0.1, 0.15) is 10.1 Å². The Morgan fingerprint density at radius 1 is 0.451 bits per heavy atom. The quantitative estimate of drug-likeness (QED) is 0.184.